The molecule has 2 aromatic carbocycles. The minimum atomic E-state index is 0.0898. The van der Waals surface area contributed by atoms with E-state index in [0.717, 1.165) is 39.4 Å². The Kier molecular flexibility index (Phi) is 4.10. The van der Waals surface area contributed by atoms with Crippen molar-refractivity contribution in [2.75, 3.05) is 11.9 Å². The molecule has 1 atom stereocenters. The van der Waals surface area contributed by atoms with Crippen LogP contribution in [0.5, 0.6) is 0 Å². The van der Waals surface area contributed by atoms with E-state index in [0.29, 0.717) is 12.5 Å². The van der Waals surface area contributed by atoms with Crippen LogP contribution in [0, 0.1) is 5.92 Å². The smallest absolute Gasteiger partial charge is 0.206 e. The van der Waals surface area contributed by atoms with Gasteiger partial charge in [0.05, 0.1) is 11.7 Å². The molecule has 0 spiro atoms. The van der Waals surface area contributed by atoms with E-state index < -0.39 is 0 Å². The summed E-state index contributed by atoms with van der Waals surface area (Å²) in [6.07, 6.45) is 3.94. The number of rotatable bonds is 5. The van der Waals surface area contributed by atoms with Gasteiger partial charge in [0.15, 0.2) is 0 Å². The summed E-state index contributed by atoms with van der Waals surface area (Å²) >= 11 is 1.55. The first kappa shape index (κ1) is 16.4. The Morgan fingerprint density at radius 2 is 1.96 bits per heavy atom. The van der Waals surface area contributed by atoms with Gasteiger partial charge in [-0.15, -0.1) is 10.2 Å². The van der Waals surface area contributed by atoms with Gasteiger partial charge in [-0.25, -0.2) is 0 Å². The standard InChI is InChI=1S/C20H20N6S/c21-17(15-7-12-3-1-2-4-13(12)8-15)11-22-20-26-25-19(27-20)14-5-6-18-16(9-14)10-23-24-18/h1-6,9-10,15,17H,7-8,11,21H2,(H,22,26)(H,23,24)/t17-/m0/s1. The molecular formula is C20H20N6S. The maximum Gasteiger partial charge on any atom is 0.206 e. The number of aromatic nitrogens is 4. The Bertz CT molecular complexity index is 1060. The van der Waals surface area contributed by atoms with Crippen LogP contribution >= 0.6 is 11.3 Å². The molecule has 4 aromatic rings. The van der Waals surface area contributed by atoms with Crippen molar-refractivity contribution in [2.24, 2.45) is 11.7 Å². The van der Waals surface area contributed by atoms with E-state index in [1.54, 1.807) is 11.3 Å². The van der Waals surface area contributed by atoms with Crippen molar-refractivity contribution in [1.82, 2.24) is 20.4 Å². The van der Waals surface area contributed by atoms with Gasteiger partial charge in [0.1, 0.15) is 5.01 Å². The van der Waals surface area contributed by atoms with Crippen molar-refractivity contribution in [1.29, 1.82) is 0 Å². The summed E-state index contributed by atoms with van der Waals surface area (Å²) in [4.78, 5) is 0. The molecule has 7 heteroatoms. The molecule has 0 bridgehead atoms. The molecule has 27 heavy (non-hydrogen) atoms. The lowest BCUT2D eigenvalue weighted by atomic mass is 9.97. The maximum atomic E-state index is 6.46. The molecule has 0 fully saturated rings. The van der Waals surface area contributed by atoms with Gasteiger partial charge in [-0.05, 0) is 48.1 Å². The first-order valence-corrected chi connectivity index (χ1v) is 9.91. The van der Waals surface area contributed by atoms with Crippen LogP contribution in [0.2, 0.25) is 0 Å². The number of nitrogens with zero attached hydrogens (tertiary/aromatic N) is 3. The Morgan fingerprint density at radius 1 is 1.15 bits per heavy atom. The van der Waals surface area contributed by atoms with Gasteiger partial charge >= 0.3 is 0 Å². The van der Waals surface area contributed by atoms with Gasteiger partial charge in [0, 0.05) is 23.5 Å². The van der Waals surface area contributed by atoms with E-state index >= 15 is 0 Å². The van der Waals surface area contributed by atoms with Crippen molar-refractivity contribution >= 4 is 27.4 Å². The SMILES string of the molecule is N[C@@H](CNc1nnc(-c2ccc3[nH]ncc3c2)s1)C1Cc2ccccc2C1. The van der Waals surface area contributed by atoms with Gasteiger partial charge in [-0.2, -0.15) is 5.10 Å². The third-order valence-corrected chi connectivity index (χ3v) is 6.22. The van der Waals surface area contributed by atoms with Gasteiger partial charge < -0.3 is 11.1 Å². The van der Waals surface area contributed by atoms with Gasteiger partial charge in [-0.3, -0.25) is 5.10 Å². The molecule has 0 aliphatic heterocycles. The summed E-state index contributed by atoms with van der Waals surface area (Å²) in [5.74, 6) is 0.478. The van der Waals surface area contributed by atoms with E-state index in [4.69, 9.17) is 5.73 Å². The lowest BCUT2D eigenvalue weighted by Gasteiger charge is -2.18. The highest BCUT2D eigenvalue weighted by Gasteiger charge is 2.26. The van der Waals surface area contributed by atoms with Crippen LogP contribution in [0.3, 0.4) is 0 Å². The Hall–Kier alpha value is -2.77. The van der Waals surface area contributed by atoms with Crippen LogP contribution in [0.15, 0.2) is 48.7 Å². The van der Waals surface area contributed by atoms with Crippen LogP contribution in [0.4, 0.5) is 5.13 Å². The van der Waals surface area contributed by atoms with Crippen molar-refractivity contribution in [3.63, 3.8) is 0 Å². The zero-order valence-corrected chi connectivity index (χ0v) is 15.5. The summed E-state index contributed by atoms with van der Waals surface area (Å²) in [6.45, 7) is 0.702. The summed E-state index contributed by atoms with van der Waals surface area (Å²) in [6, 6.07) is 14.8. The summed E-state index contributed by atoms with van der Waals surface area (Å²) in [5.41, 5.74) is 11.4. The van der Waals surface area contributed by atoms with E-state index in [-0.39, 0.29) is 6.04 Å². The summed E-state index contributed by atoms with van der Waals surface area (Å²) in [5, 5.41) is 21.8. The minimum absolute atomic E-state index is 0.0898. The fourth-order valence-electron chi connectivity index (χ4n) is 3.75. The second kappa shape index (κ2) is 6.75. The number of aromatic amines is 1. The Balaban J connectivity index is 1.23. The molecule has 5 rings (SSSR count). The molecule has 0 amide bonds. The van der Waals surface area contributed by atoms with E-state index in [1.165, 1.54) is 11.1 Å². The molecular weight excluding hydrogens is 356 g/mol. The average Bonchev–Trinajstić information content (AvgIpc) is 3.44. The maximum absolute atomic E-state index is 6.46. The number of fused-ring (bicyclic) bond motifs is 2. The molecule has 6 nitrogen and oxygen atoms in total. The molecule has 1 aliphatic carbocycles. The number of anilines is 1. The van der Waals surface area contributed by atoms with Crippen molar-refractivity contribution in [3.8, 4) is 10.6 Å². The van der Waals surface area contributed by atoms with Crippen LogP contribution in [0.25, 0.3) is 21.5 Å². The topological polar surface area (TPSA) is 92.5 Å². The van der Waals surface area contributed by atoms with Gasteiger partial charge in [0.2, 0.25) is 5.13 Å². The van der Waals surface area contributed by atoms with E-state index in [1.807, 2.05) is 18.3 Å². The van der Waals surface area contributed by atoms with Crippen molar-refractivity contribution < 1.29 is 0 Å². The van der Waals surface area contributed by atoms with E-state index in [9.17, 15) is 0 Å². The number of hydrogen-bond acceptors (Lipinski definition) is 6. The fourth-order valence-corrected chi connectivity index (χ4v) is 4.50. The monoisotopic (exact) mass is 376 g/mol. The predicted octanol–water partition coefficient (Wildman–Crippen LogP) is 3.24. The molecule has 2 heterocycles. The highest BCUT2D eigenvalue weighted by atomic mass is 32.1. The molecule has 0 radical (unpaired) electrons. The molecule has 0 saturated carbocycles. The Morgan fingerprint density at radius 3 is 2.78 bits per heavy atom. The number of nitrogens with two attached hydrogens (primary N) is 1. The highest BCUT2D eigenvalue weighted by Crippen LogP contribution is 2.30. The lowest BCUT2D eigenvalue weighted by molar-refractivity contribution is 0.454. The number of H-pyrrole nitrogens is 1. The zero-order chi connectivity index (χ0) is 18.2. The normalized spacial score (nSPS) is 15.1. The predicted molar refractivity (Wildman–Crippen MR) is 109 cm³/mol. The zero-order valence-electron chi connectivity index (χ0n) is 14.7. The lowest BCUT2D eigenvalue weighted by Crippen LogP contribution is -2.37. The molecule has 2 aromatic heterocycles. The second-order valence-corrected chi connectivity index (χ2v) is 8.04. The molecule has 0 unspecified atom stereocenters. The van der Waals surface area contributed by atoms with Crippen LogP contribution in [0.1, 0.15) is 11.1 Å². The van der Waals surface area contributed by atoms with Crippen LogP contribution in [-0.2, 0) is 12.8 Å². The highest BCUT2D eigenvalue weighted by molar-refractivity contribution is 7.18. The number of benzene rings is 2. The minimum Gasteiger partial charge on any atom is -0.359 e. The van der Waals surface area contributed by atoms with Gasteiger partial charge in [0.25, 0.3) is 0 Å². The first-order valence-electron chi connectivity index (χ1n) is 9.09. The molecule has 4 N–H and O–H groups in total. The Labute approximate surface area is 160 Å². The van der Waals surface area contributed by atoms with Crippen molar-refractivity contribution in [2.45, 2.75) is 18.9 Å². The first-order chi connectivity index (χ1) is 13.3. The summed E-state index contributed by atoms with van der Waals surface area (Å²) in [7, 11) is 0. The van der Waals surface area contributed by atoms with Crippen molar-refractivity contribution in [3.05, 3.63) is 59.8 Å². The molecule has 0 saturated heterocycles. The molecule has 1 aliphatic rings. The molecule has 136 valence electrons. The fraction of sp³-hybridized carbons (Fsp3) is 0.250. The van der Waals surface area contributed by atoms with E-state index in [2.05, 4.69) is 56.0 Å². The number of hydrogen-bond donors (Lipinski definition) is 3. The largest absolute Gasteiger partial charge is 0.359 e. The van der Waals surface area contributed by atoms with Crippen LogP contribution in [-0.4, -0.2) is 33.0 Å². The third kappa shape index (κ3) is 3.20. The summed E-state index contributed by atoms with van der Waals surface area (Å²) < 4.78 is 0. The quantitative estimate of drug-likeness (QED) is 0.497. The average molecular weight is 376 g/mol. The number of nitrogens with one attached hydrogen (secondary N) is 2. The van der Waals surface area contributed by atoms with Crippen LogP contribution < -0.4 is 11.1 Å². The second-order valence-electron chi connectivity index (χ2n) is 7.07. The van der Waals surface area contributed by atoms with Gasteiger partial charge in [-0.1, -0.05) is 35.6 Å². The third-order valence-electron chi connectivity index (χ3n) is 5.29.